The van der Waals surface area contributed by atoms with Gasteiger partial charge in [0.15, 0.2) is 0 Å². The number of alkyl halides is 1. The molecule has 1 aliphatic carbocycles. The van der Waals surface area contributed by atoms with E-state index in [0.717, 1.165) is 12.3 Å². The summed E-state index contributed by atoms with van der Waals surface area (Å²) in [5.74, 6) is 1.21. The van der Waals surface area contributed by atoms with E-state index in [0.29, 0.717) is 17.8 Å². The first-order valence-corrected chi connectivity index (χ1v) is 7.15. The largest absolute Gasteiger partial charge is 0.240 e. The molecule has 0 aromatic carbocycles. The van der Waals surface area contributed by atoms with Gasteiger partial charge in [0.05, 0.1) is 0 Å². The molecule has 0 bridgehead atoms. The van der Waals surface area contributed by atoms with E-state index in [-0.39, 0.29) is 0 Å². The Morgan fingerprint density at radius 1 is 1.35 bits per heavy atom. The zero-order valence-electron chi connectivity index (χ0n) is 12.2. The molecule has 0 heterocycles. The van der Waals surface area contributed by atoms with Crippen molar-refractivity contribution in [3.8, 4) is 0 Å². The second kappa shape index (κ2) is 5.54. The van der Waals surface area contributed by atoms with Gasteiger partial charge in [0.25, 0.3) is 0 Å². The lowest BCUT2D eigenvalue weighted by Gasteiger charge is -2.39. The van der Waals surface area contributed by atoms with E-state index in [1.165, 1.54) is 19.3 Å². The molecule has 0 aromatic heterocycles. The van der Waals surface area contributed by atoms with Crippen LogP contribution in [0.3, 0.4) is 0 Å². The molecule has 1 aliphatic rings. The van der Waals surface area contributed by atoms with Crippen LogP contribution in [0.25, 0.3) is 0 Å². The number of allylic oxidation sites excluding steroid dienone is 2. The molecule has 0 radical (unpaired) electrons. The average Bonchev–Trinajstić information content (AvgIpc) is 2.12. The fraction of sp³-hybridized carbons (Fsp3) is 0.875. The fourth-order valence-electron chi connectivity index (χ4n) is 3.66. The number of hydrogen-bond donors (Lipinski definition) is 0. The SMILES string of the molecule is CCC1(CC(C)C)CC=CC(C)(F)CC(C)C1. The Balaban J connectivity index is 2.86. The first kappa shape index (κ1) is 14.7. The molecule has 0 aliphatic heterocycles. The minimum Gasteiger partial charge on any atom is -0.240 e. The highest BCUT2D eigenvalue weighted by atomic mass is 19.1. The van der Waals surface area contributed by atoms with Gasteiger partial charge in [-0.2, -0.15) is 0 Å². The first-order chi connectivity index (χ1) is 7.79. The van der Waals surface area contributed by atoms with Crippen LogP contribution in [0, 0.1) is 17.3 Å². The summed E-state index contributed by atoms with van der Waals surface area (Å²) in [5.41, 5.74) is -0.697. The monoisotopic (exact) mass is 240 g/mol. The van der Waals surface area contributed by atoms with Crippen molar-refractivity contribution in [2.75, 3.05) is 0 Å². The number of halogens is 1. The van der Waals surface area contributed by atoms with Crippen molar-refractivity contribution in [1.29, 1.82) is 0 Å². The van der Waals surface area contributed by atoms with Crippen LogP contribution in [0.15, 0.2) is 12.2 Å². The van der Waals surface area contributed by atoms with Gasteiger partial charge in [0.2, 0.25) is 0 Å². The molecular weight excluding hydrogens is 211 g/mol. The van der Waals surface area contributed by atoms with Crippen LogP contribution in [0.4, 0.5) is 4.39 Å². The van der Waals surface area contributed by atoms with E-state index in [4.69, 9.17) is 0 Å². The van der Waals surface area contributed by atoms with Gasteiger partial charge < -0.3 is 0 Å². The van der Waals surface area contributed by atoms with Gasteiger partial charge >= 0.3 is 0 Å². The predicted molar refractivity (Wildman–Crippen MR) is 73.8 cm³/mol. The molecule has 0 amide bonds. The summed E-state index contributed by atoms with van der Waals surface area (Å²) < 4.78 is 14.1. The van der Waals surface area contributed by atoms with Crippen LogP contribution >= 0.6 is 0 Å². The standard InChI is InChI=1S/C16H29F/c1-6-16(10-13(2)3)9-7-8-15(5,17)11-14(4)12-16/h7-8,13-14H,6,9-12H2,1-5H3. The third-order valence-corrected chi connectivity index (χ3v) is 4.14. The number of hydrogen-bond acceptors (Lipinski definition) is 0. The molecule has 0 spiro atoms. The third kappa shape index (κ3) is 4.44. The predicted octanol–water partition coefficient (Wildman–Crippen LogP) is 5.53. The molecular formula is C16H29F. The van der Waals surface area contributed by atoms with E-state index >= 15 is 0 Å². The van der Waals surface area contributed by atoms with Gasteiger partial charge in [0, 0.05) is 0 Å². The van der Waals surface area contributed by atoms with Gasteiger partial charge in [0.1, 0.15) is 5.67 Å². The van der Waals surface area contributed by atoms with Gasteiger partial charge in [-0.05, 0) is 49.9 Å². The Bertz CT molecular complexity index is 265. The second-order valence-electron chi connectivity index (χ2n) is 6.85. The summed E-state index contributed by atoms with van der Waals surface area (Å²) in [5, 5.41) is 0. The van der Waals surface area contributed by atoms with Gasteiger partial charge in [-0.25, -0.2) is 4.39 Å². The minimum atomic E-state index is -1.10. The summed E-state index contributed by atoms with van der Waals surface area (Å²) >= 11 is 0. The van der Waals surface area contributed by atoms with Crippen molar-refractivity contribution in [3.05, 3.63) is 12.2 Å². The van der Waals surface area contributed by atoms with E-state index in [9.17, 15) is 4.39 Å². The highest BCUT2D eigenvalue weighted by molar-refractivity contribution is 5.04. The maximum Gasteiger partial charge on any atom is 0.126 e. The molecule has 0 aromatic rings. The van der Waals surface area contributed by atoms with Gasteiger partial charge in [-0.1, -0.05) is 46.3 Å². The van der Waals surface area contributed by atoms with Crippen molar-refractivity contribution in [3.63, 3.8) is 0 Å². The quantitative estimate of drug-likeness (QED) is 0.569. The molecule has 1 rings (SSSR count). The van der Waals surface area contributed by atoms with Crippen LogP contribution in [0.5, 0.6) is 0 Å². The first-order valence-electron chi connectivity index (χ1n) is 7.15. The van der Waals surface area contributed by atoms with Crippen molar-refractivity contribution in [2.45, 2.75) is 72.4 Å². The molecule has 0 N–H and O–H groups in total. The molecule has 0 saturated carbocycles. The maximum absolute atomic E-state index is 14.1. The summed E-state index contributed by atoms with van der Waals surface area (Å²) in [6.45, 7) is 10.8. The van der Waals surface area contributed by atoms with Crippen LogP contribution in [-0.4, -0.2) is 5.67 Å². The lowest BCUT2D eigenvalue weighted by atomic mass is 9.67. The molecule has 100 valence electrons. The van der Waals surface area contributed by atoms with Crippen LogP contribution in [0.2, 0.25) is 0 Å². The van der Waals surface area contributed by atoms with Crippen LogP contribution in [0.1, 0.15) is 66.7 Å². The van der Waals surface area contributed by atoms with E-state index < -0.39 is 5.67 Å². The summed E-state index contributed by atoms with van der Waals surface area (Å²) in [6.07, 6.45) is 9.26. The van der Waals surface area contributed by atoms with Crippen LogP contribution < -0.4 is 0 Å². The van der Waals surface area contributed by atoms with Gasteiger partial charge in [-0.15, -0.1) is 0 Å². The molecule has 0 saturated heterocycles. The minimum absolute atomic E-state index is 0.403. The van der Waals surface area contributed by atoms with Crippen molar-refractivity contribution in [1.82, 2.24) is 0 Å². The Morgan fingerprint density at radius 3 is 2.53 bits per heavy atom. The zero-order chi connectivity index (χ0) is 13.1. The molecule has 0 nitrogen and oxygen atoms in total. The maximum atomic E-state index is 14.1. The van der Waals surface area contributed by atoms with E-state index in [2.05, 4.69) is 33.8 Å². The third-order valence-electron chi connectivity index (χ3n) is 4.14. The second-order valence-corrected chi connectivity index (χ2v) is 6.85. The lowest BCUT2D eigenvalue weighted by molar-refractivity contribution is 0.124. The molecule has 3 unspecified atom stereocenters. The fourth-order valence-corrected chi connectivity index (χ4v) is 3.66. The smallest absolute Gasteiger partial charge is 0.126 e. The van der Waals surface area contributed by atoms with Crippen molar-refractivity contribution in [2.24, 2.45) is 17.3 Å². The lowest BCUT2D eigenvalue weighted by Crippen LogP contribution is -2.29. The Kier molecular flexibility index (Phi) is 4.80. The zero-order valence-corrected chi connectivity index (χ0v) is 12.2. The topological polar surface area (TPSA) is 0 Å². The summed E-state index contributed by atoms with van der Waals surface area (Å²) in [4.78, 5) is 0. The highest BCUT2D eigenvalue weighted by Crippen LogP contribution is 2.44. The Morgan fingerprint density at radius 2 is 2.00 bits per heavy atom. The summed E-state index contributed by atoms with van der Waals surface area (Å²) in [6, 6.07) is 0. The molecule has 3 atom stereocenters. The molecule has 0 fully saturated rings. The van der Waals surface area contributed by atoms with Crippen molar-refractivity contribution < 1.29 is 4.39 Å². The average molecular weight is 240 g/mol. The molecule has 1 heteroatoms. The Labute approximate surface area is 107 Å². The van der Waals surface area contributed by atoms with E-state index in [1.54, 1.807) is 13.0 Å². The van der Waals surface area contributed by atoms with E-state index in [1.807, 2.05) is 0 Å². The molecule has 17 heavy (non-hydrogen) atoms. The van der Waals surface area contributed by atoms with Crippen LogP contribution in [-0.2, 0) is 0 Å². The number of rotatable bonds is 3. The highest BCUT2D eigenvalue weighted by Gasteiger charge is 2.34. The normalized spacial score (nSPS) is 39.1. The summed E-state index contributed by atoms with van der Waals surface area (Å²) in [7, 11) is 0. The van der Waals surface area contributed by atoms with Gasteiger partial charge in [-0.3, -0.25) is 0 Å². The van der Waals surface area contributed by atoms with Crippen molar-refractivity contribution >= 4 is 0 Å². The Hall–Kier alpha value is -0.330.